The Morgan fingerprint density at radius 2 is 1.61 bits per heavy atom. The number of carbonyl (C=O) groups excluding carboxylic acids is 2. The number of hydrogen-bond acceptors (Lipinski definition) is 5. The van der Waals surface area contributed by atoms with Crippen molar-refractivity contribution in [2.24, 2.45) is 0 Å². The normalized spacial score (nSPS) is 12.7. The molecule has 0 saturated heterocycles. The molecule has 0 spiro atoms. The van der Waals surface area contributed by atoms with Gasteiger partial charge in [0.2, 0.25) is 11.8 Å². The molecule has 3 aromatic rings. The van der Waals surface area contributed by atoms with Crippen LogP contribution in [0.3, 0.4) is 0 Å². The Bertz CT molecular complexity index is 1450. The largest absolute Gasteiger partial charge is 0.495 e. The number of rotatable bonds is 13. The average Bonchev–Trinajstić information content (AvgIpc) is 2.96. The summed E-state index contributed by atoms with van der Waals surface area (Å²) in [5.41, 5.74) is 0.710. The highest BCUT2D eigenvalue weighted by Crippen LogP contribution is 2.35. The molecule has 220 valence electrons. The summed E-state index contributed by atoms with van der Waals surface area (Å²) in [6.07, 6.45) is 1.00. The molecule has 2 atom stereocenters. The summed E-state index contributed by atoms with van der Waals surface area (Å²) in [6.45, 7) is 5.00. The summed E-state index contributed by atoms with van der Waals surface area (Å²) >= 11 is 12.7. The van der Waals surface area contributed by atoms with E-state index < -0.39 is 28.5 Å². The zero-order chi connectivity index (χ0) is 30.2. The van der Waals surface area contributed by atoms with Crippen LogP contribution in [-0.4, -0.2) is 50.9 Å². The zero-order valence-electron chi connectivity index (χ0n) is 23.5. The summed E-state index contributed by atoms with van der Waals surface area (Å²) in [7, 11) is -2.87. The number of nitrogens with one attached hydrogen (secondary N) is 1. The minimum atomic E-state index is -4.27. The lowest BCUT2D eigenvalue weighted by molar-refractivity contribution is -0.140. The van der Waals surface area contributed by atoms with Gasteiger partial charge in [-0.25, -0.2) is 8.42 Å². The first kappa shape index (κ1) is 32.2. The Morgan fingerprint density at radius 3 is 2.22 bits per heavy atom. The number of halogens is 2. The molecule has 0 fully saturated rings. The maximum Gasteiger partial charge on any atom is 0.264 e. The number of benzene rings is 3. The summed E-state index contributed by atoms with van der Waals surface area (Å²) in [5.74, 6) is -0.724. The molecule has 11 heteroatoms. The van der Waals surface area contributed by atoms with Crippen molar-refractivity contribution < 1.29 is 22.7 Å². The number of anilines is 1. The molecule has 2 unspecified atom stereocenters. The van der Waals surface area contributed by atoms with E-state index in [0.29, 0.717) is 23.4 Å². The quantitative estimate of drug-likeness (QED) is 0.256. The van der Waals surface area contributed by atoms with Gasteiger partial charge >= 0.3 is 0 Å². The topological polar surface area (TPSA) is 96.0 Å². The standard InChI is InChI=1S/C30H35Cl2N3O5S/c1-5-21(3)33-30(37)26(6-2)34(19-22-12-10-11-15-25(22)32)29(36)20-35(27-18-23(31)16-17-28(27)40-4)41(38,39)24-13-8-7-9-14-24/h7-18,21,26H,5-6,19-20H2,1-4H3,(H,33,37). The fourth-order valence-corrected chi connectivity index (χ4v) is 6.06. The third-order valence-corrected chi connectivity index (χ3v) is 9.08. The van der Waals surface area contributed by atoms with Gasteiger partial charge in [-0.05, 0) is 61.7 Å². The van der Waals surface area contributed by atoms with Crippen LogP contribution >= 0.6 is 23.2 Å². The molecule has 0 heterocycles. The lowest BCUT2D eigenvalue weighted by atomic mass is 10.1. The predicted molar refractivity (Wildman–Crippen MR) is 163 cm³/mol. The van der Waals surface area contributed by atoms with Gasteiger partial charge in [0.25, 0.3) is 10.0 Å². The Labute approximate surface area is 252 Å². The smallest absolute Gasteiger partial charge is 0.264 e. The number of carbonyl (C=O) groups is 2. The first-order chi connectivity index (χ1) is 19.5. The van der Waals surface area contributed by atoms with Crippen molar-refractivity contribution in [3.63, 3.8) is 0 Å². The molecule has 3 rings (SSSR count). The number of methoxy groups -OCH3 is 1. The lowest BCUT2D eigenvalue weighted by Gasteiger charge is -2.34. The van der Waals surface area contributed by atoms with E-state index in [4.69, 9.17) is 27.9 Å². The van der Waals surface area contributed by atoms with Crippen LogP contribution in [0, 0.1) is 0 Å². The van der Waals surface area contributed by atoms with Gasteiger partial charge < -0.3 is 15.0 Å². The minimum absolute atomic E-state index is 0.00313. The average molecular weight is 621 g/mol. The number of nitrogens with zero attached hydrogens (tertiary/aromatic N) is 2. The van der Waals surface area contributed by atoms with Gasteiger partial charge in [-0.1, -0.05) is 73.4 Å². The Kier molecular flexibility index (Phi) is 11.5. The molecule has 3 aromatic carbocycles. The minimum Gasteiger partial charge on any atom is -0.495 e. The molecule has 0 aromatic heterocycles. The highest BCUT2D eigenvalue weighted by Gasteiger charge is 2.35. The SMILES string of the molecule is CCC(C)NC(=O)C(CC)N(Cc1ccccc1Cl)C(=O)CN(c1cc(Cl)ccc1OC)S(=O)(=O)c1ccccc1. The van der Waals surface area contributed by atoms with E-state index in [1.807, 2.05) is 13.8 Å². The van der Waals surface area contributed by atoms with Crippen molar-refractivity contribution in [3.05, 3.63) is 88.4 Å². The van der Waals surface area contributed by atoms with E-state index in [0.717, 1.165) is 4.31 Å². The molecule has 0 aliphatic rings. The van der Waals surface area contributed by atoms with Crippen LogP contribution in [0.25, 0.3) is 0 Å². The van der Waals surface area contributed by atoms with Gasteiger partial charge in [0.1, 0.15) is 18.3 Å². The molecule has 2 amide bonds. The van der Waals surface area contributed by atoms with E-state index in [-0.39, 0.29) is 39.8 Å². The fraction of sp³-hybridized carbons (Fsp3) is 0.333. The van der Waals surface area contributed by atoms with E-state index in [1.165, 1.54) is 36.3 Å². The molecule has 0 aliphatic carbocycles. The maximum absolute atomic E-state index is 14.2. The van der Waals surface area contributed by atoms with Crippen LogP contribution in [0.1, 0.15) is 39.2 Å². The first-order valence-electron chi connectivity index (χ1n) is 13.3. The predicted octanol–water partition coefficient (Wildman–Crippen LogP) is 5.92. The van der Waals surface area contributed by atoms with Gasteiger partial charge in [0.05, 0.1) is 17.7 Å². The van der Waals surface area contributed by atoms with Gasteiger partial charge in [-0.3, -0.25) is 13.9 Å². The van der Waals surface area contributed by atoms with E-state index in [1.54, 1.807) is 55.5 Å². The van der Waals surface area contributed by atoms with Crippen molar-refractivity contribution >= 4 is 50.7 Å². The van der Waals surface area contributed by atoms with Crippen molar-refractivity contribution in [1.29, 1.82) is 0 Å². The summed E-state index contributed by atoms with van der Waals surface area (Å²) < 4.78 is 34.4. The maximum atomic E-state index is 14.2. The second-order valence-corrected chi connectivity index (χ2v) is 12.2. The number of sulfonamides is 1. The van der Waals surface area contributed by atoms with Crippen LogP contribution in [0.15, 0.2) is 77.7 Å². The molecule has 0 radical (unpaired) electrons. The van der Waals surface area contributed by atoms with Crippen LogP contribution < -0.4 is 14.4 Å². The van der Waals surface area contributed by atoms with Crippen LogP contribution in [0.2, 0.25) is 10.0 Å². The number of hydrogen-bond donors (Lipinski definition) is 1. The van der Waals surface area contributed by atoms with Gasteiger partial charge in [-0.15, -0.1) is 0 Å². The summed E-state index contributed by atoms with van der Waals surface area (Å²) in [6, 6.07) is 18.3. The van der Waals surface area contributed by atoms with Gasteiger partial charge in [0, 0.05) is 22.6 Å². The third-order valence-electron chi connectivity index (χ3n) is 6.71. The van der Waals surface area contributed by atoms with E-state index >= 15 is 0 Å². The molecule has 1 N–H and O–H groups in total. The molecule has 0 bridgehead atoms. The highest BCUT2D eigenvalue weighted by atomic mass is 35.5. The molecular weight excluding hydrogens is 585 g/mol. The highest BCUT2D eigenvalue weighted by molar-refractivity contribution is 7.92. The monoisotopic (exact) mass is 619 g/mol. The molecule has 8 nitrogen and oxygen atoms in total. The first-order valence-corrected chi connectivity index (χ1v) is 15.5. The second kappa shape index (κ2) is 14.6. The summed E-state index contributed by atoms with van der Waals surface area (Å²) in [5, 5.41) is 3.63. The van der Waals surface area contributed by atoms with Crippen molar-refractivity contribution in [3.8, 4) is 5.75 Å². The third kappa shape index (κ3) is 7.93. The Hall–Kier alpha value is -3.27. The Balaban J connectivity index is 2.13. The lowest BCUT2D eigenvalue weighted by Crippen LogP contribution is -2.53. The number of ether oxygens (including phenoxy) is 1. The fourth-order valence-electron chi connectivity index (χ4n) is 4.26. The van der Waals surface area contributed by atoms with E-state index in [2.05, 4.69) is 5.32 Å². The molecule has 41 heavy (non-hydrogen) atoms. The molecular formula is C30H35Cl2N3O5S. The van der Waals surface area contributed by atoms with Crippen LogP contribution in [0.5, 0.6) is 5.75 Å². The number of amides is 2. The zero-order valence-corrected chi connectivity index (χ0v) is 25.8. The van der Waals surface area contributed by atoms with Crippen molar-refractivity contribution in [2.75, 3.05) is 18.0 Å². The summed E-state index contributed by atoms with van der Waals surface area (Å²) in [4.78, 5) is 28.9. The van der Waals surface area contributed by atoms with Gasteiger partial charge in [-0.2, -0.15) is 0 Å². The Morgan fingerprint density at radius 1 is 0.951 bits per heavy atom. The molecule has 0 aliphatic heterocycles. The van der Waals surface area contributed by atoms with Crippen molar-refractivity contribution in [1.82, 2.24) is 10.2 Å². The molecule has 0 saturated carbocycles. The van der Waals surface area contributed by atoms with Crippen molar-refractivity contribution in [2.45, 2.75) is 57.1 Å². The van der Waals surface area contributed by atoms with E-state index in [9.17, 15) is 18.0 Å². The second-order valence-electron chi connectivity index (χ2n) is 9.50. The van der Waals surface area contributed by atoms with Crippen LogP contribution in [0.4, 0.5) is 5.69 Å². The van der Waals surface area contributed by atoms with Crippen LogP contribution in [-0.2, 0) is 26.2 Å². The van der Waals surface area contributed by atoms with Gasteiger partial charge in [0.15, 0.2) is 0 Å².